The maximum atomic E-state index is 12.7. The third kappa shape index (κ3) is 2.72. The van der Waals surface area contributed by atoms with Crippen molar-refractivity contribution in [3.63, 3.8) is 0 Å². The minimum Gasteiger partial charge on any atom is -0.368 e. The molecular formula is C18H21N5O. The molecular weight excluding hydrogens is 302 g/mol. The molecule has 1 N–H and O–H groups in total. The number of pyridine rings is 1. The predicted octanol–water partition coefficient (Wildman–Crippen LogP) is 2.23. The lowest BCUT2D eigenvalue weighted by Gasteiger charge is -2.29. The zero-order chi connectivity index (χ0) is 16.4. The second kappa shape index (κ2) is 6.19. The quantitative estimate of drug-likeness (QED) is 0.934. The SMILES string of the molecule is O=C(c1ccccn1)N1C[C@@H]2CCC[C@]2(CNc2cnccn2)C1. The number of fused-ring (bicyclic) bond motifs is 1. The second-order valence-electron chi connectivity index (χ2n) is 6.80. The van der Waals surface area contributed by atoms with Crippen LogP contribution in [-0.2, 0) is 0 Å². The minimum absolute atomic E-state index is 0.0453. The van der Waals surface area contributed by atoms with E-state index in [1.165, 1.54) is 12.8 Å². The van der Waals surface area contributed by atoms with Gasteiger partial charge in [0.2, 0.25) is 0 Å². The highest BCUT2D eigenvalue weighted by Crippen LogP contribution is 2.48. The van der Waals surface area contributed by atoms with Gasteiger partial charge >= 0.3 is 0 Å². The molecule has 1 saturated carbocycles. The van der Waals surface area contributed by atoms with E-state index in [9.17, 15) is 4.79 Å². The first-order valence-corrected chi connectivity index (χ1v) is 8.47. The van der Waals surface area contributed by atoms with Gasteiger partial charge in [0, 0.05) is 43.6 Å². The Morgan fingerprint density at radius 1 is 1.29 bits per heavy atom. The van der Waals surface area contributed by atoms with E-state index in [4.69, 9.17) is 0 Å². The molecule has 6 heteroatoms. The molecule has 0 bridgehead atoms. The van der Waals surface area contributed by atoms with Gasteiger partial charge in [0.05, 0.1) is 6.20 Å². The topological polar surface area (TPSA) is 71.0 Å². The van der Waals surface area contributed by atoms with Crippen LogP contribution in [0.3, 0.4) is 0 Å². The van der Waals surface area contributed by atoms with Crippen LogP contribution in [-0.4, -0.2) is 45.4 Å². The number of anilines is 1. The van der Waals surface area contributed by atoms with Gasteiger partial charge in [-0.25, -0.2) is 4.98 Å². The number of rotatable bonds is 4. The van der Waals surface area contributed by atoms with E-state index in [-0.39, 0.29) is 11.3 Å². The molecule has 0 unspecified atom stereocenters. The van der Waals surface area contributed by atoms with Crippen molar-refractivity contribution in [3.05, 3.63) is 48.7 Å². The summed E-state index contributed by atoms with van der Waals surface area (Å²) in [7, 11) is 0. The van der Waals surface area contributed by atoms with E-state index < -0.39 is 0 Å². The molecule has 2 aliphatic rings. The summed E-state index contributed by atoms with van der Waals surface area (Å²) < 4.78 is 0. The molecule has 0 radical (unpaired) electrons. The van der Waals surface area contributed by atoms with E-state index >= 15 is 0 Å². The number of amides is 1. The number of nitrogens with zero attached hydrogens (tertiary/aromatic N) is 4. The Morgan fingerprint density at radius 2 is 2.25 bits per heavy atom. The van der Waals surface area contributed by atoms with E-state index in [1.807, 2.05) is 17.0 Å². The normalized spacial score (nSPS) is 25.5. The second-order valence-corrected chi connectivity index (χ2v) is 6.80. The van der Waals surface area contributed by atoms with Gasteiger partial charge in [0.25, 0.3) is 5.91 Å². The number of carbonyl (C=O) groups is 1. The summed E-state index contributed by atoms with van der Waals surface area (Å²) in [6.45, 7) is 2.46. The van der Waals surface area contributed by atoms with E-state index in [2.05, 4.69) is 20.3 Å². The van der Waals surface area contributed by atoms with Crippen molar-refractivity contribution in [2.75, 3.05) is 25.0 Å². The summed E-state index contributed by atoms with van der Waals surface area (Å²) in [6.07, 6.45) is 10.4. The van der Waals surface area contributed by atoms with E-state index in [0.29, 0.717) is 11.6 Å². The van der Waals surface area contributed by atoms with E-state index in [0.717, 1.165) is 31.9 Å². The maximum Gasteiger partial charge on any atom is 0.272 e. The third-order valence-corrected chi connectivity index (χ3v) is 5.40. The Labute approximate surface area is 141 Å². The summed E-state index contributed by atoms with van der Waals surface area (Å²) >= 11 is 0. The molecule has 1 aliphatic heterocycles. The fraction of sp³-hybridized carbons (Fsp3) is 0.444. The lowest BCUT2D eigenvalue weighted by Crippen LogP contribution is -2.36. The average molecular weight is 323 g/mol. The Hall–Kier alpha value is -2.50. The Balaban J connectivity index is 1.48. The number of likely N-dealkylation sites (tertiary alicyclic amines) is 1. The Bertz CT molecular complexity index is 708. The number of hydrogen-bond acceptors (Lipinski definition) is 5. The monoisotopic (exact) mass is 323 g/mol. The van der Waals surface area contributed by atoms with Crippen molar-refractivity contribution < 1.29 is 4.79 Å². The van der Waals surface area contributed by atoms with Gasteiger partial charge in [-0.05, 0) is 30.9 Å². The van der Waals surface area contributed by atoms with E-state index in [1.54, 1.807) is 30.9 Å². The molecule has 6 nitrogen and oxygen atoms in total. The number of carbonyl (C=O) groups excluding carboxylic acids is 1. The van der Waals surface area contributed by atoms with Gasteiger partial charge in [-0.3, -0.25) is 14.8 Å². The lowest BCUT2D eigenvalue weighted by molar-refractivity contribution is 0.0765. The Morgan fingerprint density at radius 3 is 3.04 bits per heavy atom. The van der Waals surface area contributed by atoms with Crippen molar-refractivity contribution in [3.8, 4) is 0 Å². The first kappa shape index (κ1) is 15.1. The molecule has 24 heavy (non-hydrogen) atoms. The van der Waals surface area contributed by atoms with Crippen LogP contribution in [0, 0.1) is 11.3 Å². The van der Waals surface area contributed by atoms with Gasteiger partial charge in [-0.2, -0.15) is 0 Å². The molecule has 2 fully saturated rings. The number of nitrogens with one attached hydrogen (secondary N) is 1. The van der Waals surface area contributed by atoms with Gasteiger partial charge < -0.3 is 10.2 Å². The molecule has 4 rings (SSSR count). The van der Waals surface area contributed by atoms with Crippen molar-refractivity contribution in [1.29, 1.82) is 0 Å². The summed E-state index contributed by atoms with van der Waals surface area (Å²) in [6, 6.07) is 5.49. The zero-order valence-corrected chi connectivity index (χ0v) is 13.6. The first-order valence-electron chi connectivity index (χ1n) is 8.47. The smallest absolute Gasteiger partial charge is 0.272 e. The maximum absolute atomic E-state index is 12.7. The van der Waals surface area contributed by atoms with Gasteiger partial charge in [-0.1, -0.05) is 12.5 Å². The van der Waals surface area contributed by atoms with Crippen LogP contribution >= 0.6 is 0 Å². The molecule has 124 valence electrons. The van der Waals surface area contributed by atoms with Crippen LogP contribution < -0.4 is 5.32 Å². The van der Waals surface area contributed by atoms with Gasteiger partial charge in [0.15, 0.2) is 0 Å². The van der Waals surface area contributed by atoms with Gasteiger partial charge in [0.1, 0.15) is 11.5 Å². The largest absolute Gasteiger partial charge is 0.368 e. The summed E-state index contributed by atoms with van der Waals surface area (Å²) in [4.78, 5) is 27.3. The highest BCUT2D eigenvalue weighted by molar-refractivity contribution is 5.92. The number of hydrogen-bond donors (Lipinski definition) is 1. The van der Waals surface area contributed by atoms with Crippen LogP contribution in [0.1, 0.15) is 29.8 Å². The van der Waals surface area contributed by atoms with Crippen molar-refractivity contribution in [1.82, 2.24) is 19.9 Å². The lowest BCUT2D eigenvalue weighted by atomic mass is 9.80. The predicted molar refractivity (Wildman–Crippen MR) is 90.4 cm³/mol. The third-order valence-electron chi connectivity index (χ3n) is 5.40. The molecule has 2 aromatic rings. The fourth-order valence-corrected chi connectivity index (χ4v) is 4.17. The van der Waals surface area contributed by atoms with Crippen LogP contribution in [0.4, 0.5) is 5.82 Å². The average Bonchev–Trinajstić information content (AvgIpc) is 3.18. The van der Waals surface area contributed by atoms with Crippen molar-refractivity contribution in [2.24, 2.45) is 11.3 Å². The summed E-state index contributed by atoms with van der Waals surface area (Å²) in [5.74, 6) is 1.39. The summed E-state index contributed by atoms with van der Waals surface area (Å²) in [5, 5.41) is 3.42. The standard InChI is InChI=1S/C18H21N5O/c24-17(15-5-1-2-7-20-15)23-11-14-4-3-6-18(14,13-23)12-22-16-10-19-8-9-21-16/h1-2,5,7-10,14H,3-4,6,11-13H2,(H,21,22)/t14-,18-/m0/s1. The molecule has 1 saturated heterocycles. The fourth-order valence-electron chi connectivity index (χ4n) is 4.17. The van der Waals surface area contributed by atoms with Crippen LogP contribution in [0.15, 0.2) is 43.0 Å². The first-order chi connectivity index (χ1) is 11.8. The Kier molecular flexibility index (Phi) is 3.88. The molecule has 0 spiro atoms. The van der Waals surface area contributed by atoms with Crippen LogP contribution in [0.5, 0.6) is 0 Å². The highest BCUT2D eigenvalue weighted by Gasteiger charge is 2.50. The van der Waals surface area contributed by atoms with Crippen LogP contribution in [0.2, 0.25) is 0 Å². The van der Waals surface area contributed by atoms with Crippen molar-refractivity contribution in [2.45, 2.75) is 19.3 Å². The summed E-state index contributed by atoms with van der Waals surface area (Å²) in [5.41, 5.74) is 0.677. The molecule has 2 aromatic heterocycles. The van der Waals surface area contributed by atoms with Crippen molar-refractivity contribution >= 4 is 11.7 Å². The minimum atomic E-state index is 0.0453. The number of aromatic nitrogens is 3. The molecule has 0 aromatic carbocycles. The van der Waals surface area contributed by atoms with Crippen LogP contribution in [0.25, 0.3) is 0 Å². The molecule has 1 amide bonds. The molecule has 1 aliphatic carbocycles. The molecule has 2 atom stereocenters. The zero-order valence-electron chi connectivity index (χ0n) is 13.6. The highest BCUT2D eigenvalue weighted by atomic mass is 16.2. The van der Waals surface area contributed by atoms with Gasteiger partial charge in [-0.15, -0.1) is 0 Å². The molecule has 3 heterocycles.